The molecule has 0 aliphatic carbocycles. The van der Waals surface area contributed by atoms with Crippen LogP contribution in [0.3, 0.4) is 0 Å². The van der Waals surface area contributed by atoms with Crippen LogP contribution in [0.15, 0.2) is 11.9 Å². The van der Waals surface area contributed by atoms with Gasteiger partial charge < -0.3 is 10.7 Å². The van der Waals surface area contributed by atoms with Crippen LogP contribution in [0.25, 0.3) is 0 Å². The summed E-state index contributed by atoms with van der Waals surface area (Å²) in [6, 6.07) is 0. The molecule has 0 amide bonds. The molecule has 0 saturated carbocycles. The predicted octanol–water partition coefficient (Wildman–Crippen LogP) is 2.59. The number of hydrogen-bond donors (Lipinski definition) is 2. The normalized spacial score (nSPS) is 12.2. The molecule has 0 aromatic heterocycles. The van der Waals surface area contributed by atoms with Crippen molar-refractivity contribution in [1.82, 2.24) is 5.01 Å². The first-order valence-electron chi connectivity index (χ1n) is 6.03. The van der Waals surface area contributed by atoms with Crippen molar-refractivity contribution in [2.24, 2.45) is 17.5 Å². The summed E-state index contributed by atoms with van der Waals surface area (Å²) in [4.78, 5) is 0. The smallest absolute Gasteiger partial charge is 0.0342 e. The molecule has 0 unspecified atom stereocenters. The van der Waals surface area contributed by atoms with Gasteiger partial charge in [-0.2, -0.15) is 0 Å². The fraction of sp³-hybridized carbons (Fsp3) is 0.833. The Kier molecular flexibility index (Phi) is 8.19. The number of hydrogen-bond acceptors (Lipinski definition) is 3. The number of allylic oxidation sites excluding steroid dienone is 1. The van der Waals surface area contributed by atoms with Gasteiger partial charge in [-0.1, -0.05) is 40.0 Å². The van der Waals surface area contributed by atoms with E-state index in [-0.39, 0.29) is 0 Å². The Morgan fingerprint density at radius 1 is 1.33 bits per heavy atom. The van der Waals surface area contributed by atoms with E-state index in [9.17, 15) is 0 Å². The molecule has 3 heteroatoms. The molecule has 0 aliphatic rings. The van der Waals surface area contributed by atoms with Crippen molar-refractivity contribution in [2.45, 2.75) is 52.9 Å². The minimum absolute atomic E-state index is 0.789. The molecule has 90 valence electrons. The van der Waals surface area contributed by atoms with E-state index in [1.807, 2.05) is 6.20 Å². The van der Waals surface area contributed by atoms with Crippen molar-refractivity contribution in [3.05, 3.63) is 11.9 Å². The summed E-state index contributed by atoms with van der Waals surface area (Å²) < 4.78 is 0. The van der Waals surface area contributed by atoms with Gasteiger partial charge >= 0.3 is 0 Å². The predicted molar refractivity (Wildman–Crippen MR) is 66.8 cm³/mol. The first-order valence-corrected chi connectivity index (χ1v) is 6.03. The van der Waals surface area contributed by atoms with Crippen molar-refractivity contribution in [2.75, 3.05) is 6.54 Å². The van der Waals surface area contributed by atoms with Gasteiger partial charge in [-0.15, -0.1) is 0 Å². The Morgan fingerprint density at radius 2 is 2.00 bits per heavy atom. The number of nitrogens with zero attached hydrogens (tertiary/aromatic N) is 1. The highest BCUT2D eigenvalue weighted by Crippen LogP contribution is 2.06. The Morgan fingerprint density at radius 3 is 2.53 bits per heavy atom. The molecule has 0 rings (SSSR count). The van der Waals surface area contributed by atoms with Crippen LogP contribution in [0, 0.1) is 5.92 Å². The zero-order chi connectivity index (χ0) is 11.7. The lowest BCUT2D eigenvalue weighted by atomic mass is 10.1. The third-order valence-electron chi connectivity index (χ3n) is 2.32. The van der Waals surface area contributed by atoms with Gasteiger partial charge in [0, 0.05) is 18.4 Å². The van der Waals surface area contributed by atoms with Crippen LogP contribution in [0.4, 0.5) is 0 Å². The van der Waals surface area contributed by atoms with Crippen LogP contribution in [-0.2, 0) is 0 Å². The van der Waals surface area contributed by atoms with Crippen molar-refractivity contribution in [1.29, 1.82) is 0 Å². The molecule has 0 spiro atoms. The third-order valence-corrected chi connectivity index (χ3v) is 2.32. The average molecular weight is 213 g/mol. The minimum Gasteiger partial charge on any atom is -0.401 e. The van der Waals surface area contributed by atoms with Gasteiger partial charge in [0.05, 0.1) is 0 Å². The Balaban J connectivity index is 3.56. The maximum Gasteiger partial charge on any atom is 0.0342 e. The van der Waals surface area contributed by atoms with Crippen molar-refractivity contribution in [3.8, 4) is 0 Å². The second-order valence-electron chi connectivity index (χ2n) is 4.58. The Hall–Kier alpha value is -0.700. The second-order valence-corrected chi connectivity index (χ2v) is 4.58. The van der Waals surface area contributed by atoms with Crippen LogP contribution in [0.2, 0.25) is 0 Å². The highest BCUT2D eigenvalue weighted by molar-refractivity contribution is 4.94. The van der Waals surface area contributed by atoms with Gasteiger partial charge in [-0.3, -0.25) is 0 Å². The first kappa shape index (κ1) is 14.3. The molecular weight excluding hydrogens is 186 g/mol. The van der Waals surface area contributed by atoms with Gasteiger partial charge in [0.25, 0.3) is 0 Å². The molecule has 0 fully saturated rings. The highest BCUT2D eigenvalue weighted by atomic mass is 15.4. The van der Waals surface area contributed by atoms with Gasteiger partial charge in [-0.25, -0.2) is 5.84 Å². The molecule has 0 aliphatic heterocycles. The molecule has 3 nitrogen and oxygen atoms in total. The van der Waals surface area contributed by atoms with Gasteiger partial charge in [0.2, 0.25) is 0 Å². The first-order chi connectivity index (χ1) is 7.06. The van der Waals surface area contributed by atoms with E-state index in [1.54, 1.807) is 5.01 Å². The van der Waals surface area contributed by atoms with Gasteiger partial charge in [0.15, 0.2) is 0 Å². The number of hydrazine groups is 1. The molecule has 0 heterocycles. The lowest BCUT2D eigenvalue weighted by molar-refractivity contribution is 0.367. The quantitative estimate of drug-likeness (QED) is 0.370. The molecule has 0 bridgehead atoms. The summed E-state index contributed by atoms with van der Waals surface area (Å²) >= 11 is 0. The van der Waals surface area contributed by atoms with Crippen LogP contribution >= 0.6 is 0 Å². The standard InChI is InChI=1S/C12H27N3/c1-4-7-12(13)10-15(14)9-6-5-8-11(2)3/h10-11H,4-9,13-14H2,1-3H3/b12-10-. The van der Waals surface area contributed by atoms with Crippen LogP contribution in [0.1, 0.15) is 52.9 Å². The molecule has 0 aromatic rings. The molecule has 0 aromatic carbocycles. The van der Waals surface area contributed by atoms with E-state index in [0.717, 1.165) is 37.4 Å². The summed E-state index contributed by atoms with van der Waals surface area (Å²) in [6.07, 6.45) is 7.53. The van der Waals surface area contributed by atoms with E-state index >= 15 is 0 Å². The third kappa shape index (κ3) is 9.60. The van der Waals surface area contributed by atoms with E-state index < -0.39 is 0 Å². The zero-order valence-electron chi connectivity index (χ0n) is 10.5. The molecule has 15 heavy (non-hydrogen) atoms. The lowest BCUT2D eigenvalue weighted by Gasteiger charge is -2.15. The largest absolute Gasteiger partial charge is 0.401 e. The van der Waals surface area contributed by atoms with E-state index in [4.69, 9.17) is 11.6 Å². The molecule has 4 N–H and O–H groups in total. The Bertz CT molecular complexity index is 176. The fourth-order valence-electron chi connectivity index (χ4n) is 1.48. The van der Waals surface area contributed by atoms with Crippen LogP contribution in [0.5, 0.6) is 0 Å². The monoisotopic (exact) mass is 213 g/mol. The highest BCUT2D eigenvalue weighted by Gasteiger charge is 1.97. The number of nitrogens with two attached hydrogens (primary N) is 2. The Labute approximate surface area is 94.5 Å². The van der Waals surface area contributed by atoms with Crippen LogP contribution in [-0.4, -0.2) is 11.6 Å². The SMILES string of the molecule is CCC/C(N)=C/N(N)CCCCC(C)C. The maximum atomic E-state index is 5.80. The number of rotatable bonds is 8. The summed E-state index contributed by atoms with van der Waals surface area (Å²) in [5.74, 6) is 6.59. The molecule has 0 saturated heterocycles. The summed E-state index contributed by atoms with van der Waals surface area (Å²) in [5.41, 5.74) is 6.66. The summed E-state index contributed by atoms with van der Waals surface area (Å²) in [5, 5.41) is 1.71. The van der Waals surface area contributed by atoms with E-state index in [0.29, 0.717) is 0 Å². The van der Waals surface area contributed by atoms with Gasteiger partial charge in [0.1, 0.15) is 0 Å². The topological polar surface area (TPSA) is 55.3 Å². The van der Waals surface area contributed by atoms with E-state index in [2.05, 4.69) is 20.8 Å². The average Bonchev–Trinajstić information content (AvgIpc) is 2.12. The van der Waals surface area contributed by atoms with Crippen molar-refractivity contribution in [3.63, 3.8) is 0 Å². The molecule has 0 atom stereocenters. The van der Waals surface area contributed by atoms with E-state index in [1.165, 1.54) is 12.8 Å². The summed E-state index contributed by atoms with van der Waals surface area (Å²) in [6.45, 7) is 7.51. The van der Waals surface area contributed by atoms with Crippen molar-refractivity contribution >= 4 is 0 Å². The number of unbranched alkanes of at least 4 members (excludes halogenated alkanes) is 1. The van der Waals surface area contributed by atoms with Gasteiger partial charge in [-0.05, 0) is 18.8 Å². The minimum atomic E-state index is 0.789. The van der Waals surface area contributed by atoms with Crippen LogP contribution < -0.4 is 11.6 Å². The maximum absolute atomic E-state index is 5.80. The fourth-order valence-corrected chi connectivity index (χ4v) is 1.48. The van der Waals surface area contributed by atoms with Crippen molar-refractivity contribution < 1.29 is 0 Å². The lowest BCUT2D eigenvalue weighted by Crippen LogP contribution is -2.27. The molecule has 0 radical (unpaired) electrons. The molecular formula is C12H27N3. The zero-order valence-corrected chi connectivity index (χ0v) is 10.5. The summed E-state index contributed by atoms with van der Waals surface area (Å²) in [7, 11) is 0. The second kappa shape index (κ2) is 8.60.